The van der Waals surface area contributed by atoms with Crippen molar-refractivity contribution in [1.29, 1.82) is 0 Å². The molecule has 0 unspecified atom stereocenters. The second-order valence-electron chi connectivity index (χ2n) is 6.71. The molecule has 0 amide bonds. The van der Waals surface area contributed by atoms with E-state index in [9.17, 15) is 4.79 Å². The summed E-state index contributed by atoms with van der Waals surface area (Å²) in [6.45, 7) is 10.8. The molecule has 0 radical (unpaired) electrons. The van der Waals surface area contributed by atoms with E-state index in [1.807, 2.05) is 31.2 Å². The highest BCUT2D eigenvalue weighted by molar-refractivity contribution is 5.93. The maximum Gasteiger partial charge on any atom is 0.338 e. The highest BCUT2D eigenvalue weighted by Gasteiger charge is 2.10. The van der Waals surface area contributed by atoms with Crippen LogP contribution >= 0.6 is 0 Å². The van der Waals surface area contributed by atoms with Crippen LogP contribution in [-0.4, -0.2) is 12.6 Å². The van der Waals surface area contributed by atoms with Gasteiger partial charge in [-0.05, 0) is 71.9 Å². The molecule has 2 nitrogen and oxygen atoms in total. The Morgan fingerprint density at radius 2 is 1.60 bits per heavy atom. The van der Waals surface area contributed by atoms with Crippen LogP contribution in [0.3, 0.4) is 0 Å². The summed E-state index contributed by atoms with van der Waals surface area (Å²) in [5.41, 5.74) is 5.66. The summed E-state index contributed by atoms with van der Waals surface area (Å²) < 4.78 is 5.13. The number of benzene rings is 1. The summed E-state index contributed by atoms with van der Waals surface area (Å²) in [5, 5.41) is 0. The molecule has 0 spiro atoms. The molecule has 0 aromatic heterocycles. The first-order valence-electron chi connectivity index (χ1n) is 9.16. The number of hydrogen-bond donors (Lipinski definition) is 0. The van der Waals surface area contributed by atoms with Gasteiger partial charge in [0.05, 0.1) is 12.2 Å². The minimum Gasteiger partial charge on any atom is -0.462 e. The van der Waals surface area contributed by atoms with Gasteiger partial charge in [0.25, 0.3) is 0 Å². The van der Waals surface area contributed by atoms with Crippen LogP contribution in [0.15, 0.2) is 53.1 Å². The van der Waals surface area contributed by atoms with Gasteiger partial charge in [-0.15, -0.1) is 0 Å². The van der Waals surface area contributed by atoms with Crippen molar-refractivity contribution in [1.82, 2.24) is 0 Å². The smallest absolute Gasteiger partial charge is 0.338 e. The molecule has 0 saturated heterocycles. The van der Waals surface area contributed by atoms with Crippen molar-refractivity contribution in [3.05, 3.63) is 64.3 Å². The molecule has 2 heteroatoms. The molecule has 0 aliphatic rings. The molecule has 0 N–H and O–H groups in total. The van der Waals surface area contributed by atoms with Crippen LogP contribution in [0.25, 0.3) is 6.08 Å². The van der Waals surface area contributed by atoms with E-state index in [1.54, 1.807) is 0 Å². The zero-order valence-electron chi connectivity index (χ0n) is 16.4. The Hall–Kier alpha value is -2.09. The lowest BCUT2D eigenvalue weighted by Crippen LogP contribution is -2.06. The van der Waals surface area contributed by atoms with Gasteiger partial charge in [-0.25, -0.2) is 4.79 Å². The molecule has 0 fully saturated rings. The highest BCUT2D eigenvalue weighted by Crippen LogP contribution is 2.18. The van der Waals surface area contributed by atoms with Gasteiger partial charge < -0.3 is 4.74 Å². The number of carbonyl (C=O) groups excluding carboxylic acids is 1. The molecular weight excluding hydrogens is 308 g/mol. The molecule has 1 aromatic carbocycles. The van der Waals surface area contributed by atoms with Gasteiger partial charge >= 0.3 is 5.97 Å². The van der Waals surface area contributed by atoms with Crippen LogP contribution in [0, 0.1) is 0 Å². The van der Waals surface area contributed by atoms with E-state index < -0.39 is 0 Å². The van der Waals surface area contributed by atoms with E-state index in [-0.39, 0.29) is 5.97 Å². The van der Waals surface area contributed by atoms with Crippen LogP contribution in [0.2, 0.25) is 0 Å². The summed E-state index contributed by atoms with van der Waals surface area (Å²) in [4.78, 5) is 12.0. The number of carbonyl (C=O) groups is 1. The van der Waals surface area contributed by atoms with Gasteiger partial charge in [0.1, 0.15) is 0 Å². The van der Waals surface area contributed by atoms with E-state index in [0.29, 0.717) is 12.2 Å². The van der Waals surface area contributed by atoms with Gasteiger partial charge in [-0.1, -0.05) is 53.1 Å². The fraction of sp³-hybridized carbons (Fsp3) is 0.435. The first-order chi connectivity index (χ1) is 11.9. The summed E-state index contributed by atoms with van der Waals surface area (Å²) in [5.74, 6) is -0.253. The lowest BCUT2D eigenvalue weighted by molar-refractivity contribution is 0.0526. The largest absolute Gasteiger partial charge is 0.462 e. The molecule has 0 saturated carbocycles. The SMILES string of the molecule is CCOC(=O)c1ccccc1C=C(C)CCC=C(C)CCC=C(C)C. The van der Waals surface area contributed by atoms with Crippen molar-refractivity contribution in [2.24, 2.45) is 0 Å². The Labute approximate surface area is 153 Å². The standard InChI is InChI=1S/C23H32O2/c1-6-25-23(24)22-16-8-7-15-21(22)17-20(5)14-10-13-19(4)12-9-11-18(2)3/h7-8,11,13,15-17H,6,9-10,12,14H2,1-5H3. The molecule has 0 aliphatic heterocycles. The topological polar surface area (TPSA) is 26.3 Å². The van der Waals surface area contributed by atoms with Crippen molar-refractivity contribution in [3.8, 4) is 0 Å². The van der Waals surface area contributed by atoms with Gasteiger partial charge in [0.2, 0.25) is 0 Å². The maximum absolute atomic E-state index is 12.0. The number of esters is 1. The van der Waals surface area contributed by atoms with Crippen molar-refractivity contribution in [2.45, 2.75) is 60.3 Å². The molecule has 0 aliphatic carbocycles. The fourth-order valence-corrected chi connectivity index (χ4v) is 2.59. The lowest BCUT2D eigenvalue weighted by Gasteiger charge is -2.07. The fourth-order valence-electron chi connectivity index (χ4n) is 2.59. The Bertz CT molecular complexity index is 644. The predicted molar refractivity (Wildman–Crippen MR) is 108 cm³/mol. The summed E-state index contributed by atoms with van der Waals surface area (Å²) in [6.07, 6.45) is 11.0. The van der Waals surface area contributed by atoms with Crippen LogP contribution in [0.1, 0.15) is 76.2 Å². The summed E-state index contributed by atoms with van der Waals surface area (Å²) >= 11 is 0. The normalized spacial score (nSPS) is 12.0. The van der Waals surface area contributed by atoms with Crippen molar-refractivity contribution < 1.29 is 9.53 Å². The second kappa shape index (κ2) is 11.5. The average Bonchev–Trinajstić information content (AvgIpc) is 2.55. The van der Waals surface area contributed by atoms with Crippen LogP contribution in [0.5, 0.6) is 0 Å². The molecule has 1 aromatic rings. The van der Waals surface area contributed by atoms with Crippen molar-refractivity contribution >= 4 is 12.0 Å². The van der Waals surface area contributed by atoms with Crippen LogP contribution < -0.4 is 0 Å². The Kier molecular flexibility index (Phi) is 9.61. The number of hydrogen-bond acceptors (Lipinski definition) is 2. The summed E-state index contributed by atoms with van der Waals surface area (Å²) in [6, 6.07) is 7.62. The Morgan fingerprint density at radius 3 is 2.28 bits per heavy atom. The van der Waals surface area contributed by atoms with E-state index in [4.69, 9.17) is 4.74 Å². The van der Waals surface area contributed by atoms with Gasteiger partial charge in [0, 0.05) is 0 Å². The van der Waals surface area contributed by atoms with Crippen molar-refractivity contribution in [2.75, 3.05) is 6.61 Å². The zero-order chi connectivity index (χ0) is 18.7. The van der Waals surface area contributed by atoms with Crippen LogP contribution in [0.4, 0.5) is 0 Å². The predicted octanol–water partition coefficient (Wildman–Crippen LogP) is 6.74. The molecule has 25 heavy (non-hydrogen) atoms. The summed E-state index contributed by atoms with van der Waals surface area (Å²) in [7, 11) is 0. The monoisotopic (exact) mass is 340 g/mol. The van der Waals surface area contributed by atoms with E-state index in [0.717, 1.165) is 31.2 Å². The minimum atomic E-state index is -0.253. The molecular formula is C23H32O2. The highest BCUT2D eigenvalue weighted by atomic mass is 16.5. The first kappa shape index (κ1) is 21.0. The quantitative estimate of drug-likeness (QED) is 0.367. The van der Waals surface area contributed by atoms with E-state index in [2.05, 4.69) is 45.9 Å². The van der Waals surface area contributed by atoms with E-state index >= 15 is 0 Å². The first-order valence-corrected chi connectivity index (χ1v) is 9.16. The average molecular weight is 341 g/mol. The molecule has 0 atom stereocenters. The third kappa shape index (κ3) is 8.53. The zero-order valence-corrected chi connectivity index (χ0v) is 16.4. The van der Waals surface area contributed by atoms with Crippen LogP contribution in [-0.2, 0) is 4.74 Å². The second-order valence-corrected chi connectivity index (χ2v) is 6.71. The third-order valence-electron chi connectivity index (χ3n) is 3.98. The van der Waals surface area contributed by atoms with E-state index in [1.165, 1.54) is 16.7 Å². The molecule has 0 heterocycles. The van der Waals surface area contributed by atoms with Crippen molar-refractivity contribution in [3.63, 3.8) is 0 Å². The number of allylic oxidation sites excluding steroid dienone is 5. The Morgan fingerprint density at radius 1 is 0.960 bits per heavy atom. The maximum atomic E-state index is 12.0. The third-order valence-corrected chi connectivity index (χ3v) is 3.98. The van der Waals surface area contributed by atoms with Gasteiger partial charge in [0.15, 0.2) is 0 Å². The molecule has 0 bridgehead atoms. The number of rotatable bonds is 9. The molecule has 1 rings (SSSR count). The minimum absolute atomic E-state index is 0.253. The number of ether oxygens (including phenoxy) is 1. The van der Waals surface area contributed by atoms with Gasteiger partial charge in [-0.2, -0.15) is 0 Å². The Balaban J connectivity index is 2.64. The lowest BCUT2D eigenvalue weighted by atomic mass is 10.0. The molecule has 136 valence electrons. The van der Waals surface area contributed by atoms with Gasteiger partial charge in [-0.3, -0.25) is 0 Å².